The predicted octanol–water partition coefficient (Wildman–Crippen LogP) is 3.58. The number of hydrogen-bond donors (Lipinski definition) is 2. The molecule has 4 nitrogen and oxygen atoms in total. The standard InChI is InChI=1S/C15H22ClN3O.2ClH/c1-19(2)15-12(16)4-3-5-13(15)18-14(20)7-6-11-8-9-17-10-11;;/h3-5,11,17H,6-10H2,1-2H3,(H,18,20);2*1H. The van der Waals surface area contributed by atoms with E-state index in [1.807, 2.05) is 37.2 Å². The lowest BCUT2D eigenvalue weighted by molar-refractivity contribution is -0.116. The molecule has 1 unspecified atom stereocenters. The van der Waals surface area contributed by atoms with Crippen LogP contribution in [0.4, 0.5) is 11.4 Å². The highest BCUT2D eigenvalue weighted by molar-refractivity contribution is 6.34. The van der Waals surface area contributed by atoms with Crippen molar-refractivity contribution in [1.82, 2.24) is 5.32 Å². The lowest BCUT2D eigenvalue weighted by Gasteiger charge is -2.19. The minimum Gasteiger partial charge on any atom is -0.375 e. The number of rotatable bonds is 5. The Morgan fingerprint density at radius 2 is 2.14 bits per heavy atom. The summed E-state index contributed by atoms with van der Waals surface area (Å²) in [6.45, 7) is 2.11. The Balaban J connectivity index is 0.00000220. The molecule has 1 aliphatic heterocycles. The molecule has 22 heavy (non-hydrogen) atoms. The van der Waals surface area contributed by atoms with Crippen molar-refractivity contribution < 1.29 is 4.79 Å². The van der Waals surface area contributed by atoms with E-state index in [-0.39, 0.29) is 30.7 Å². The number of halogens is 3. The molecule has 1 aromatic rings. The van der Waals surface area contributed by atoms with E-state index in [9.17, 15) is 4.79 Å². The Labute approximate surface area is 149 Å². The average Bonchev–Trinajstić information content (AvgIpc) is 2.89. The van der Waals surface area contributed by atoms with E-state index in [0.717, 1.165) is 30.9 Å². The summed E-state index contributed by atoms with van der Waals surface area (Å²) in [4.78, 5) is 14.0. The summed E-state index contributed by atoms with van der Waals surface area (Å²) in [6, 6.07) is 5.57. The van der Waals surface area contributed by atoms with E-state index >= 15 is 0 Å². The number of nitrogens with zero attached hydrogens (tertiary/aromatic N) is 1. The maximum atomic E-state index is 12.1. The van der Waals surface area contributed by atoms with Crippen molar-refractivity contribution in [2.45, 2.75) is 19.3 Å². The Morgan fingerprint density at radius 1 is 1.41 bits per heavy atom. The summed E-state index contributed by atoms with van der Waals surface area (Å²) in [7, 11) is 3.84. The Morgan fingerprint density at radius 3 is 2.73 bits per heavy atom. The number of amides is 1. The first-order valence-electron chi connectivity index (χ1n) is 7.04. The van der Waals surface area contributed by atoms with Crippen LogP contribution in [0.25, 0.3) is 0 Å². The maximum absolute atomic E-state index is 12.1. The van der Waals surface area contributed by atoms with E-state index in [1.54, 1.807) is 0 Å². The first-order valence-corrected chi connectivity index (χ1v) is 7.42. The highest BCUT2D eigenvalue weighted by Gasteiger charge is 2.17. The monoisotopic (exact) mass is 367 g/mol. The molecule has 0 radical (unpaired) electrons. The van der Waals surface area contributed by atoms with E-state index in [4.69, 9.17) is 11.6 Å². The molecule has 7 heteroatoms. The molecule has 0 bridgehead atoms. The lowest BCUT2D eigenvalue weighted by Crippen LogP contribution is -2.18. The van der Waals surface area contributed by atoms with Crippen LogP contribution in [0.5, 0.6) is 0 Å². The Bertz CT molecular complexity index is 477. The summed E-state index contributed by atoms with van der Waals surface area (Å²) < 4.78 is 0. The molecule has 126 valence electrons. The molecular formula is C15H24Cl3N3O. The van der Waals surface area contributed by atoms with Crippen molar-refractivity contribution in [3.8, 4) is 0 Å². The number of hydrogen-bond acceptors (Lipinski definition) is 3. The second-order valence-corrected chi connectivity index (χ2v) is 5.88. The van der Waals surface area contributed by atoms with Gasteiger partial charge < -0.3 is 15.5 Å². The Kier molecular flexibility index (Phi) is 9.85. The van der Waals surface area contributed by atoms with Gasteiger partial charge in [0.15, 0.2) is 0 Å². The van der Waals surface area contributed by atoms with Crippen LogP contribution in [-0.4, -0.2) is 33.1 Å². The van der Waals surface area contributed by atoms with Crippen molar-refractivity contribution in [1.29, 1.82) is 0 Å². The highest BCUT2D eigenvalue weighted by atomic mass is 35.5. The molecule has 0 saturated carbocycles. The number of carbonyl (C=O) groups excluding carboxylic acids is 1. The fraction of sp³-hybridized carbons (Fsp3) is 0.533. The van der Waals surface area contributed by atoms with Gasteiger partial charge in [0.1, 0.15) is 0 Å². The van der Waals surface area contributed by atoms with Gasteiger partial charge in [-0.2, -0.15) is 0 Å². The molecule has 1 amide bonds. The van der Waals surface area contributed by atoms with Gasteiger partial charge in [-0.25, -0.2) is 0 Å². The van der Waals surface area contributed by atoms with Crippen LogP contribution in [0.2, 0.25) is 5.02 Å². The third-order valence-electron chi connectivity index (χ3n) is 3.65. The van der Waals surface area contributed by atoms with E-state index in [0.29, 0.717) is 17.4 Å². The average molecular weight is 369 g/mol. The normalized spacial score (nSPS) is 16.4. The first kappa shape index (κ1) is 21.3. The van der Waals surface area contributed by atoms with Crippen molar-refractivity contribution in [3.05, 3.63) is 23.2 Å². The van der Waals surface area contributed by atoms with E-state index < -0.39 is 0 Å². The second-order valence-electron chi connectivity index (χ2n) is 5.48. The van der Waals surface area contributed by atoms with Gasteiger partial charge in [0.05, 0.1) is 16.4 Å². The smallest absolute Gasteiger partial charge is 0.224 e. The van der Waals surface area contributed by atoms with Gasteiger partial charge in [0.25, 0.3) is 0 Å². The molecule has 2 rings (SSSR count). The molecular weight excluding hydrogens is 345 g/mol. The number of benzene rings is 1. The zero-order chi connectivity index (χ0) is 14.5. The summed E-state index contributed by atoms with van der Waals surface area (Å²) >= 11 is 6.19. The molecule has 1 fully saturated rings. The Hall–Kier alpha value is -0.680. The van der Waals surface area contributed by atoms with Crippen LogP contribution in [0.3, 0.4) is 0 Å². The maximum Gasteiger partial charge on any atom is 0.224 e. The molecule has 1 aromatic carbocycles. The summed E-state index contributed by atoms with van der Waals surface area (Å²) in [6.07, 6.45) is 2.68. The van der Waals surface area contributed by atoms with Gasteiger partial charge >= 0.3 is 0 Å². The van der Waals surface area contributed by atoms with Gasteiger partial charge in [-0.1, -0.05) is 17.7 Å². The van der Waals surface area contributed by atoms with Crippen molar-refractivity contribution in [2.75, 3.05) is 37.4 Å². The summed E-state index contributed by atoms with van der Waals surface area (Å²) in [5.41, 5.74) is 1.63. The highest BCUT2D eigenvalue weighted by Crippen LogP contribution is 2.32. The van der Waals surface area contributed by atoms with Crippen LogP contribution >= 0.6 is 36.4 Å². The molecule has 1 heterocycles. The van der Waals surface area contributed by atoms with Gasteiger partial charge in [-0.05, 0) is 44.0 Å². The van der Waals surface area contributed by atoms with Gasteiger partial charge in [-0.15, -0.1) is 24.8 Å². The molecule has 1 saturated heterocycles. The fourth-order valence-corrected chi connectivity index (χ4v) is 2.92. The molecule has 0 spiro atoms. The van der Waals surface area contributed by atoms with Crippen LogP contribution < -0.4 is 15.5 Å². The first-order chi connectivity index (χ1) is 9.58. The van der Waals surface area contributed by atoms with Crippen LogP contribution in [0.1, 0.15) is 19.3 Å². The summed E-state index contributed by atoms with van der Waals surface area (Å²) in [5, 5.41) is 6.94. The van der Waals surface area contributed by atoms with E-state index in [1.165, 1.54) is 6.42 Å². The van der Waals surface area contributed by atoms with Crippen LogP contribution in [0.15, 0.2) is 18.2 Å². The summed E-state index contributed by atoms with van der Waals surface area (Å²) in [5.74, 6) is 0.690. The SMILES string of the molecule is CN(C)c1c(Cl)cccc1NC(=O)CCC1CCNC1.Cl.Cl. The zero-order valence-corrected chi connectivity index (χ0v) is 15.3. The number of para-hydroxylation sites is 1. The zero-order valence-electron chi connectivity index (χ0n) is 12.9. The number of carbonyl (C=O) groups is 1. The topological polar surface area (TPSA) is 44.4 Å². The van der Waals surface area contributed by atoms with Crippen molar-refractivity contribution in [2.24, 2.45) is 5.92 Å². The van der Waals surface area contributed by atoms with Gasteiger partial charge in [0.2, 0.25) is 5.91 Å². The molecule has 1 atom stereocenters. The molecule has 1 aliphatic rings. The number of nitrogens with one attached hydrogen (secondary N) is 2. The second kappa shape index (κ2) is 10.2. The lowest BCUT2D eigenvalue weighted by atomic mass is 10.0. The quantitative estimate of drug-likeness (QED) is 0.835. The van der Waals surface area contributed by atoms with Crippen molar-refractivity contribution in [3.63, 3.8) is 0 Å². The molecule has 0 aromatic heterocycles. The van der Waals surface area contributed by atoms with Crippen molar-refractivity contribution >= 4 is 53.7 Å². The minimum atomic E-state index is 0. The molecule has 0 aliphatic carbocycles. The predicted molar refractivity (Wildman–Crippen MR) is 99.1 cm³/mol. The van der Waals surface area contributed by atoms with Gasteiger partial charge in [0, 0.05) is 20.5 Å². The molecule has 2 N–H and O–H groups in total. The van der Waals surface area contributed by atoms with Crippen LogP contribution in [-0.2, 0) is 4.79 Å². The minimum absolute atomic E-state index is 0. The fourth-order valence-electron chi connectivity index (χ4n) is 2.58. The van der Waals surface area contributed by atoms with E-state index in [2.05, 4.69) is 10.6 Å². The number of anilines is 2. The third-order valence-corrected chi connectivity index (χ3v) is 3.96. The van der Waals surface area contributed by atoms with Gasteiger partial charge in [-0.3, -0.25) is 4.79 Å². The third kappa shape index (κ3) is 5.84. The van der Waals surface area contributed by atoms with Crippen LogP contribution in [0, 0.1) is 5.92 Å². The largest absolute Gasteiger partial charge is 0.375 e.